The molecule has 2 amide bonds. The maximum atomic E-state index is 13.5. The summed E-state index contributed by atoms with van der Waals surface area (Å²) in [5.74, 6) is 1.48. The molecule has 2 atom stereocenters. The number of fused-ring (bicyclic) bond motifs is 1. The number of methoxy groups -OCH3 is 1. The van der Waals surface area contributed by atoms with Gasteiger partial charge in [-0.05, 0) is 81.5 Å². The summed E-state index contributed by atoms with van der Waals surface area (Å²) >= 11 is 0. The SMILES string of the molecule is COc1ccccc1COCCCOc1ccc(C2CCN(C(=O)OC(C)(C)C)CC2NC(=O)c2ccc3c(c2)NCCC3)cc1. The van der Waals surface area contributed by atoms with Crippen molar-refractivity contribution in [2.75, 3.05) is 45.3 Å². The number of likely N-dealkylation sites (tertiary alicyclic amines) is 1. The Morgan fingerprint density at radius 1 is 1.02 bits per heavy atom. The van der Waals surface area contributed by atoms with E-state index in [1.807, 2.05) is 75.4 Å². The molecule has 0 bridgehead atoms. The molecule has 2 aliphatic rings. The zero-order valence-electron chi connectivity index (χ0n) is 27.5. The van der Waals surface area contributed by atoms with Gasteiger partial charge in [-0.15, -0.1) is 0 Å². The molecule has 0 spiro atoms. The van der Waals surface area contributed by atoms with Crippen molar-refractivity contribution in [3.05, 3.63) is 89.0 Å². The van der Waals surface area contributed by atoms with E-state index in [0.29, 0.717) is 44.9 Å². The van der Waals surface area contributed by atoms with Crippen LogP contribution in [0, 0.1) is 0 Å². The third-order valence-corrected chi connectivity index (χ3v) is 8.35. The van der Waals surface area contributed by atoms with Crippen LogP contribution in [0.1, 0.15) is 73.0 Å². The van der Waals surface area contributed by atoms with Gasteiger partial charge in [-0.3, -0.25) is 4.79 Å². The third kappa shape index (κ3) is 8.94. The van der Waals surface area contributed by atoms with Crippen molar-refractivity contribution in [1.29, 1.82) is 0 Å². The minimum absolute atomic E-state index is 0.0239. The number of para-hydroxylation sites is 1. The molecule has 2 heterocycles. The van der Waals surface area contributed by atoms with Gasteiger partial charge in [0.1, 0.15) is 17.1 Å². The van der Waals surface area contributed by atoms with Gasteiger partial charge in [-0.25, -0.2) is 4.79 Å². The monoisotopic (exact) mass is 629 g/mol. The van der Waals surface area contributed by atoms with Crippen LogP contribution in [-0.4, -0.2) is 68.5 Å². The Balaban J connectivity index is 1.19. The Hall–Kier alpha value is -4.24. The molecule has 0 radical (unpaired) electrons. The smallest absolute Gasteiger partial charge is 0.410 e. The quantitative estimate of drug-likeness (QED) is 0.232. The molecule has 0 aliphatic carbocycles. The summed E-state index contributed by atoms with van der Waals surface area (Å²) in [5, 5.41) is 6.66. The van der Waals surface area contributed by atoms with E-state index < -0.39 is 5.60 Å². The summed E-state index contributed by atoms with van der Waals surface area (Å²) in [5.41, 5.74) is 4.38. The summed E-state index contributed by atoms with van der Waals surface area (Å²) in [4.78, 5) is 28.2. The first kappa shape index (κ1) is 33.1. The number of anilines is 1. The average molecular weight is 630 g/mol. The fourth-order valence-corrected chi connectivity index (χ4v) is 6.01. The first-order valence-corrected chi connectivity index (χ1v) is 16.3. The lowest BCUT2D eigenvalue weighted by atomic mass is 9.85. The van der Waals surface area contributed by atoms with Crippen LogP contribution in [0.5, 0.6) is 11.5 Å². The second-order valence-electron chi connectivity index (χ2n) is 12.9. The predicted octanol–water partition coefficient (Wildman–Crippen LogP) is 6.56. The fourth-order valence-electron chi connectivity index (χ4n) is 6.01. The molecule has 1 fully saturated rings. The normalized spacial score (nSPS) is 17.8. The number of carbonyl (C=O) groups is 2. The van der Waals surface area contributed by atoms with Crippen LogP contribution in [0.25, 0.3) is 0 Å². The topological polar surface area (TPSA) is 98.4 Å². The summed E-state index contributed by atoms with van der Waals surface area (Å²) < 4.78 is 22.8. The van der Waals surface area contributed by atoms with Gasteiger partial charge >= 0.3 is 6.09 Å². The number of nitrogens with one attached hydrogen (secondary N) is 2. The molecule has 2 aliphatic heterocycles. The molecule has 246 valence electrons. The molecule has 3 aromatic rings. The fraction of sp³-hybridized carbons (Fsp3) is 0.459. The van der Waals surface area contributed by atoms with Crippen molar-refractivity contribution < 1.29 is 28.5 Å². The van der Waals surface area contributed by atoms with Crippen molar-refractivity contribution in [1.82, 2.24) is 10.2 Å². The van der Waals surface area contributed by atoms with Gasteiger partial charge in [-0.1, -0.05) is 36.4 Å². The number of amides is 2. The van der Waals surface area contributed by atoms with E-state index in [4.69, 9.17) is 18.9 Å². The molecule has 46 heavy (non-hydrogen) atoms. The molecule has 3 aromatic carbocycles. The molecule has 5 rings (SSSR count). The molecule has 9 nitrogen and oxygen atoms in total. The number of piperidine rings is 1. The van der Waals surface area contributed by atoms with Gasteiger partial charge in [-0.2, -0.15) is 0 Å². The van der Waals surface area contributed by atoms with Gasteiger partial charge < -0.3 is 34.5 Å². The maximum Gasteiger partial charge on any atom is 0.410 e. The predicted molar refractivity (Wildman–Crippen MR) is 179 cm³/mol. The Labute approximate surface area is 272 Å². The summed E-state index contributed by atoms with van der Waals surface area (Å²) in [6, 6.07) is 21.5. The molecular weight excluding hydrogens is 582 g/mol. The second kappa shape index (κ2) is 15.4. The molecule has 1 saturated heterocycles. The first-order chi connectivity index (χ1) is 22.2. The zero-order chi connectivity index (χ0) is 32.5. The van der Waals surface area contributed by atoms with Gasteiger partial charge in [0.05, 0.1) is 33.0 Å². The standard InChI is InChI=1S/C37H47N3O6/c1-37(2,3)46-36(42)40-20-18-31(33(24-40)39-35(41)28-13-12-27-10-7-19-38-32(27)23-28)26-14-16-30(17-15-26)45-22-8-21-44-25-29-9-5-6-11-34(29)43-4/h5-6,9,11-17,23,31,33,38H,7-8,10,18-22,24-25H2,1-4H3,(H,39,41). The van der Waals surface area contributed by atoms with Crippen LogP contribution in [0.3, 0.4) is 0 Å². The van der Waals surface area contributed by atoms with Crippen molar-refractivity contribution in [2.24, 2.45) is 0 Å². The van der Waals surface area contributed by atoms with Crippen molar-refractivity contribution in [3.8, 4) is 11.5 Å². The Bertz CT molecular complexity index is 1470. The maximum absolute atomic E-state index is 13.5. The molecule has 0 saturated carbocycles. The number of hydrogen-bond acceptors (Lipinski definition) is 7. The highest BCUT2D eigenvalue weighted by molar-refractivity contribution is 5.95. The van der Waals surface area contributed by atoms with E-state index in [1.54, 1.807) is 12.0 Å². The Kier molecular flexibility index (Phi) is 11.1. The highest BCUT2D eigenvalue weighted by Crippen LogP contribution is 2.31. The van der Waals surface area contributed by atoms with Gasteiger partial charge in [0.15, 0.2) is 0 Å². The van der Waals surface area contributed by atoms with Crippen LogP contribution < -0.4 is 20.1 Å². The minimum Gasteiger partial charge on any atom is -0.496 e. The summed E-state index contributed by atoms with van der Waals surface area (Å²) in [6.07, 6.45) is 3.19. The summed E-state index contributed by atoms with van der Waals surface area (Å²) in [7, 11) is 1.66. The molecule has 9 heteroatoms. The van der Waals surface area contributed by atoms with E-state index in [0.717, 1.165) is 54.1 Å². The molecule has 2 N–H and O–H groups in total. The average Bonchev–Trinajstić information content (AvgIpc) is 3.05. The largest absolute Gasteiger partial charge is 0.496 e. The highest BCUT2D eigenvalue weighted by Gasteiger charge is 2.35. The number of ether oxygens (including phenoxy) is 4. The van der Waals surface area contributed by atoms with Crippen molar-refractivity contribution >= 4 is 17.7 Å². The lowest BCUT2D eigenvalue weighted by Gasteiger charge is -2.39. The highest BCUT2D eigenvalue weighted by atomic mass is 16.6. The summed E-state index contributed by atoms with van der Waals surface area (Å²) in [6.45, 7) is 9.00. The number of hydrogen-bond donors (Lipinski definition) is 2. The van der Waals surface area contributed by atoms with Crippen LogP contribution >= 0.6 is 0 Å². The zero-order valence-corrected chi connectivity index (χ0v) is 27.5. The number of carbonyl (C=O) groups excluding carboxylic acids is 2. The number of benzene rings is 3. The van der Waals surface area contributed by atoms with Crippen LogP contribution in [0.2, 0.25) is 0 Å². The lowest BCUT2D eigenvalue weighted by Crippen LogP contribution is -2.54. The number of nitrogens with zero attached hydrogens (tertiary/aromatic N) is 1. The van der Waals surface area contributed by atoms with E-state index in [2.05, 4.69) is 22.8 Å². The minimum atomic E-state index is -0.597. The van der Waals surface area contributed by atoms with E-state index in [9.17, 15) is 9.59 Å². The Morgan fingerprint density at radius 3 is 2.61 bits per heavy atom. The third-order valence-electron chi connectivity index (χ3n) is 8.35. The number of aryl methyl sites for hydroxylation is 1. The second-order valence-corrected chi connectivity index (χ2v) is 12.9. The first-order valence-electron chi connectivity index (χ1n) is 16.3. The van der Waals surface area contributed by atoms with E-state index >= 15 is 0 Å². The number of rotatable bonds is 11. The van der Waals surface area contributed by atoms with Gasteiger partial charge in [0.25, 0.3) is 5.91 Å². The van der Waals surface area contributed by atoms with Crippen LogP contribution in [0.15, 0.2) is 66.7 Å². The van der Waals surface area contributed by atoms with Crippen molar-refractivity contribution in [3.63, 3.8) is 0 Å². The van der Waals surface area contributed by atoms with E-state index in [-0.39, 0.29) is 24.0 Å². The Morgan fingerprint density at radius 2 is 1.83 bits per heavy atom. The van der Waals surface area contributed by atoms with E-state index in [1.165, 1.54) is 5.56 Å². The van der Waals surface area contributed by atoms with Gasteiger partial charge in [0.2, 0.25) is 0 Å². The van der Waals surface area contributed by atoms with Crippen molar-refractivity contribution in [2.45, 2.75) is 70.6 Å². The lowest BCUT2D eigenvalue weighted by molar-refractivity contribution is 0.0169. The molecule has 2 unspecified atom stereocenters. The van der Waals surface area contributed by atoms with Crippen LogP contribution in [0.4, 0.5) is 10.5 Å². The van der Waals surface area contributed by atoms with Crippen LogP contribution in [-0.2, 0) is 22.5 Å². The van der Waals surface area contributed by atoms with Gasteiger partial charge in [0, 0.05) is 48.8 Å². The molecular formula is C37H47N3O6. The molecule has 0 aromatic heterocycles.